The van der Waals surface area contributed by atoms with Crippen LogP contribution in [-0.2, 0) is 14.3 Å². The van der Waals surface area contributed by atoms with Gasteiger partial charge < -0.3 is 11.1 Å². The highest BCUT2D eigenvalue weighted by Crippen LogP contribution is 2.42. The molecule has 0 bridgehead atoms. The number of carbonyl (C=O) groups is 1. The first-order valence-electron chi connectivity index (χ1n) is 8.00. The number of hydrogen-bond donors (Lipinski definition) is 2. The molecule has 2 aromatic rings. The summed E-state index contributed by atoms with van der Waals surface area (Å²) in [6.07, 6.45) is 5.15. The third-order valence-corrected chi connectivity index (χ3v) is 5.47. The maximum atomic E-state index is 11.8. The van der Waals surface area contributed by atoms with Gasteiger partial charge in [-0.05, 0) is 25.0 Å². The summed E-state index contributed by atoms with van der Waals surface area (Å²) in [5.74, 6) is -0.571. The Morgan fingerprint density at radius 3 is 2.80 bits per heavy atom. The Balaban J connectivity index is 1.95. The average molecular weight is 366 g/mol. The largest absolute Gasteiger partial charge is 0.379 e. The third-order valence-electron chi connectivity index (χ3n) is 4.89. The quantitative estimate of drug-likeness (QED) is 0.772. The number of fused-ring (bicyclic) bond motifs is 1. The number of nitrogens with two attached hydrogens (primary N) is 1. The SMILES string of the molecule is CC1(C)[C@@H](Nc2c(C(N)=O)cnn3cccc23)CC[C@H]1OS(C)(=O)=O. The van der Waals surface area contributed by atoms with E-state index in [2.05, 4.69) is 10.4 Å². The van der Waals surface area contributed by atoms with Crippen LogP contribution in [0.25, 0.3) is 5.52 Å². The van der Waals surface area contributed by atoms with E-state index in [1.54, 1.807) is 10.7 Å². The van der Waals surface area contributed by atoms with Gasteiger partial charge in [0.25, 0.3) is 16.0 Å². The molecule has 0 spiro atoms. The molecule has 1 saturated carbocycles. The molecule has 2 heterocycles. The van der Waals surface area contributed by atoms with Gasteiger partial charge in [-0.25, -0.2) is 4.52 Å². The molecule has 3 N–H and O–H groups in total. The second-order valence-corrected chi connectivity index (χ2v) is 8.62. The number of carbonyl (C=O) groups excluding carboxylic acids is 1. The summed E-state index contributed by atoms with van der Waals surface area (Å²) in [5.41, 5.74) is 6.68. The molecule has 9 heteroatoms. The van der Waals surface area contributed by atoms with Crippen LogP contribution >= 0.6 is 0 Å². The molecule has 3 rings (SSSR count). The van der Waals surface area contributed by atoms with Gasteiger partial charge in [-0.1, -0.05) is 13.8 Å². The first-order chi connectivity index (χ1) is 11.6. The molecule has 0 saturated heterocycles. The van der Waals surface area contributed by atoms with Gasteiger partial charge in [-0.15, -0.1) is 0 Å². The number of nitrogens with zero attached hydrogens (tertiary/aromatic N) is 2. The van der Waals surface area contributed by atoms with Crippen LogP contribution in [0.4, 0.5) is 5.69 Å². The van der Waals surface area contributed by atoms with E-state index in [0.717, 1.165) is 11.8 Å². The van der Waals surface area contributed by atoms with E-state index in [4.69, 9.17) is 9.92 Å². The van der Waals surface area contributed by atoms with Crippen molar-refractivity contribution in [3.63, 3.8) is 0 Å². The van der Waals surface area contributed by atoms with Crippen LogP contribution in [0.15, 0.2) is 24.5 Å². The van der Waals surface area contributed by atoms with Crippen molar-refractivity contribution in [3.8, 4) is 0 Å². The Labute approximate surface area is 146 Å². The monoisotopic (exact) mass is 366 g/mol. The molecular formula is C16H22N4O4S. The van der Waals surface area contributed by atoms with Gasteiger partial charge in [0.05, 0.1) is 35.3 Å². The standard InChI is InChI=1S/C16H22N4O4S/c1-16(2)12(6-7-13(16)24-25(3,22)23)19-14-10(15(17)21)9-18-20-8-4-5-11(14)20/h4-5,8-9,12-13,19H,6-7H2,1-3H3,(H2,17,21)/t12-,13+/m0/s1. The Morgan fingerprint density at radius 2 is 2.16 bits per heavy atom. The topological polar surface area (TPSA) is 116 Å². The van der Waals surface area contributed by atoms with Crippen molar-refractivity contribution in [1.82, 2.24) is 9.61 Å². The van der Waals surface area contributed by atoms with Gasteiger partial charge in [0.15, 0.2) is 0 Å². The molecule has 1 amide bonds. The van der Waals surface area contributed by atoms with Crippen molar-refractivity contribution >= 4 is 27.2 Å². The lowest BCUT2D eigenvalue weighted by atomic mass is 9.85. The van der Waals surface area contributed by atoms with Crippen molar-refractivity contribution in [2.45, 2.75) is 38.8 Å². The van der Waals surface area contributed by atoms with E-state index in [1.165, 1.54) is 6.20 Å². The normalized spacial score (nSPS) is 23.0. The third kappa shape index (κ3) is 3.34. The zero-order valence-electron chi connectivity index (χ0n) is 14.4. The number of primary amides is 1. The minimum atomic E-state index is -3.54. The molecule has 136 valence electrons. The highest BCUT2D eigenvalue weighted by atomic mass is 32.2. The molecule has 0 unspecified atom stereocenters. The first-order valence-corrected chi connectivity index (χ1v) is 9.82. The van der Waals surface area contributed by atoms with E-state index in [1.807, 2.05) is 26.0 Å². The molecule has 2 aromatic heterocycles. The summed E-state index contributed by atoms with van der Waals surface area (Å²) in [6.45, 7) is 3.90. The Bertz CT molecular complexity index is 919. The van der Waals surface area contributed by atoms with Gasteiger partial charge in [-0.3, -0.25) is 8.98 Å². The number of nitrogens with one attached hydrogen (secondary N) is 1. The molecule has 1 aliphatic carbocycles. The van der Waals surface area contributed by atoms with Crippen molar-refractivity contribution < 1.29 is 17.4 Å². The number of amides is 1. The maximum Gasteiger partial charge on any atom is 0.264 e. The lowest BCUT2D eigenvalue weighted by molar-refractivity contribution is 0.1000. The summed E-state index contributed by atoms with van der Waals surface area (Å²) in [4.78, 5) is 11.8. The predicted octanol–water partition coefficient (Wildman–Crippen LogP) is 1.38. The molecule has 1 fully saturated rings. The molecule has 8 nitrogen and oxygen atoms in total. The van der Waals surface area contributed by atoms with E-state index < -0.39 is 27.5 Å². The van der Waals surface area contributed by atoms with Crippen LogP contribution in [-0.4, -0.2) is 42.3 Å². The van der Waals surface area contributed by atoms with Gasteiger partial charge in [0.2, 0.25) is 0 Å². The Kier molecular flexibility index (Phi) is 4.24. The molecule has 0 radical (unpaired) electrons. The van der Waals surface area contributed by atoms with E-state index in [9.17, 15) is 13.2 Å². The van der Waals surface area contributed by atoms with E-state index in [0.29, 0.717) is 24.1 Å². The van der Waals surface area contributed by atoms with Crippen LogP contribution in [0.1, 0.15) is 37.0 Å². The van der Waals surface area contributed by atoms with Gasteiger partial charge in [0, 0.05) is 17.7 Å². The van der Waals surface area contributed by atoms with Crippen LogP contribution in [0, 0.1) is 5.41 Å². The fourth-order valence-electron chi connectivity index (χ4n) is 3.43. The zero-order valence-corrected chi connectivity index (χ0v) is 15.2. The lowest BCUT2D eigenvalue weighted by Crippen LogP contribution is -2.40. The fraction of sp³-hybridized carbons (Fsp3) is 0.500. The fourth-order valence-corrected chi connectivity index (χ4v) is 4.20. The second kappa shape index (κ2) is 5.99. The summed E-state index contributed by atoms with van der Waals surface area (Å²) in [5, 5.41) is 7.56. The zero-order chi connectivity index (χ0) is 18.4. The molecular weight excluding hydrogens is 344 g/mol. The van der Waals surface area contributed by atoms with Crippen molar-refractivity contribution in [3.05, 3.63) is 30.1 Å². The van der Waals surface area contributed by atoms with Crippen molar-refractivity contribution in [2.24, 2.45) is 11.1 Å². The van der Waals surface area contributed by atoms with Crippen LogP contribution in [0.3, 0.4) is 0 Å². The molecule has 1 aliphatic rings. The Hall–Kier alpha value is -2.13. The van der Waals surface area contributed by atoms with Crippen LogP contribution in [0.5, 0.6) is 0 Å². The van der Waals surface area contributed by atoms with Crippen LogP contribution in [0.2, 0.25) is 0 Å². The average Bonchev–Trinajstić information content (AvgIpc) is 3.05. The first kappa shape index (κ1) is 17.7. The summed E-state index contributed by atoms with van der Waals surface area (Å²) >= 11 is 0. The number of aromatic nitrogens is 2. The molecule has 25 heavy (non-hydrogen) atoms. The van der Waals surface area contributed by atoms with Crippen LogP contribution < -0.4 is 11.1 Å². The predicted molar refractivity (Wildman–Crippen MR) is 93.9 cm³/mol. The maximum absolute atomic E-state index is 11.8. The van der Waals surface area contributed by atoms with Crippen molar-refractivity contribution in [1.29, 1.82) is 0 Å². The minimum absolute atomic E-state index is 0.0848. The number of anilines is 1. The summed E-state index contributed by atoms with van der Waals surface area (Å²) in [7, 11) is -3.54. The second-order valence-electron chi connectivity index (χ2n) is 7.02. The van der Waals surface area contributed by atoms with Gasteiger partial charge >= 0.3 is 0 Å². The molecule has 0 aliphatic heterocycles. The smallest absolute Gasteiger partial charge is 0.264 e. The summed E-state index contributed by atoms with van der Waals surface area (Å²) in [6, 6.07) is 3.58. The summed E-state index contributed by atoms with van der Waals surface area (Å²) < 4.78 is 29.9. The van der Waals surface area contributed by atoms with Crippen molar-refractivity contribution in [2.75, 3.05) is 11.6 Å². The van der Waals surface area contributed by atoms with Gasteiger partial charge in [-0.2, -0.15) is 13.5 Å². The van der Waals surface area contributed by atoms with Gasteiger partial charge in [0.1, 0.15) is 0 Å². The van der Waals surface area contributed by atoms with E-state index >= 15 is 0 Å². The lowest BCUT2D eigenvalue weighted by Gasteiger charge is -2.33. The Morgan fingerprint density at radius 1 is 1.44 bits per heavy atom. The molecule has 2 atom stereocenters. The van der Waals surface area contributed by atoms with E-state index in [-0.39, 0.29) is 6.04 Å². The highest BCUT2D eigenvalue weighted by Gasteiger charge is 2.46. The molecule has 0 aromatic carbocycles. The minimum Gasteiger partial charge on any atom is -0.379 e. The number of hydrogen-bond acceptors (Lipinski definition) is 6. The highest BCUT2D eigenvalue weighted by molar-refractivity contribution is 7.86. The number of rotatable bonds is 5.